The first-order valence-electron chi connectivity index (χ1n) is 8.20. The summed E-state index contributed by atoms with van der Waals surface area (Å²) in [6.07, 6.45) is 1.72. The van der Waals surface area contributed by atoms with Gasteiger partial charge in [0.2, 0.25) is 0 Å². The quantitative estimate of drug-likeness (QED) is 0.640. The van der Waals surface area contributed by atoms with E-state index in [1.807, 2.05) is 29.0 Å². The Morgan fingerprint density at radius 1 is 1.11 bits per heavy atom. The van der Waals surface area contributed by atoms with E-state index in [2.05, 4.69) is 0 Å². The summed E-state index contributed by atoms with van der Waals surface area (Å²) in [4.78, 5) is 26.2. The zero-order valence-electron chi connectivity index (χ0n) is 14.7. The monoisotopic (exact) mass is 423 g/mol. The molecule has 4 rings (SSSR count). The van der Waals surface area contributed by atoms with Crippen molar-refractivity contribution in [3.05, 3.63) is 71.3 Å². The highest BCUT2D eigenvalue weighted by Gasteiger charge is 2.40. The second-order valence-corrected chi connectivity index (χ2v) is 10.2. The first kappa shape index (κ1) is 18.4. The molecular weight excluding hydrogens is 406 g/mol. The molecule has 0 saturated heterocycles. The first-order valence-corrected chi connectivity index (χ1v) is 11.4. The standard InChI is InChI=1S/C17H17N3O4S3/c1-18-10-14(16(21)19(2)17(18)22)27(23,24)20-7-5-12-11(6-9-26-12)15(20)13-4-3-8-25-13/h3-4,6,8-10,15H,5,7H2,1-2H3. The molecule has 4 heterocycles. The molecular formula is C17H17N3O4S3. The van der Waals surface area contributed by atoms with Crippen molar-refractivity contribution in [3.8, 4) is 0 Å². The van der Waals surface area contributed by atoms with Crippen LogP contribution in [0.5, 0.6) is 0 Å². The average Bonchev–Trinajstić information content (AvgIpc) is 3.33. The maximum absolute atomic E-state index is 13.5. The van der Waals surface area contributed by atoms with Gasteiger partial charge in [0.15, 0.2) is 4.90 Å². The van der Waals surface area contributed by atoms with Crippen molar-refractivity contribution in [2.24, 2.45) is 14.1 Å². The summed E-state index contributed by atoms with van der Waals surface area (Å²) < 4.78 is 30.3. The van der Waals surface area contributed by atoms with Crippen molar-refractivity contribution in [2.45, 2.75) is 17.4 Å². The average molecular weight is 424 g/mol. The van der Waals surface area contributed by atoms with Gasteiger partial charge in [0.1, 0.15) is 0 Å². The molecule has 27 heavy (non-hydrogen) atoms. The number of fused-ring (bicyclic) bond motifs is 1. The molecule has 0 radical (unpaired) electrons. The topological polar surface area (TPSA) is 81.4 Å². The fraction of sp³-hybridized carbons (Fsp3) is 0.294. The molecule has 3 aromatic rings. The van der Waals surface area contributed by atoms with Gasteiger partial charge in [-0.1, -0.05) is 6.07 Å². The van der Waals surface area contributed by atoms with Crippen molar-refractivity contribution in [1.82, 2.24) is 13.4 Å². The maximum atomic E-state index is 13.5. The van der Waals surface area contributed by atoms with Crippen molar-refractivity contribution >= 4 is 32.7 Å². The highest BCUT2D eigenvalue weighted by Crippen LogP contribution is 2.41. The number of nitrogens with zero attached hydrogens (tertiary/aromatic N) is 3. The Balaban J connectivity index is 1.92. The highest BCUT2D eigenvalue weighted by molar-refractivity contribution is 7.89. The van der Waals surface area contributed by atoms with Crippen molar-refractivity contribution in [2.75, 3.05) is 6.54 Å². The number of hydrogen-bond acceptors (Lipinski definition) is 6. The zero-order chi connectivity index (χ0) is 19.3. The predicted octanol–water partition coefficient (Wildman–Crippen LogP) is 1.54. The number of aromatic nitrogens is 2. The van der Waals surface area contributed by atoms with Gasteiger partial charge in [-0.2, -0.15) is 4.31 Å². The van der Waals surface area contributed by atoms with Crippen LogP contribution in [0.4, 0.5) is 0 Å². The summed E-state index contributed by atoms with van der Waals surface area (Å²) in [6.45, 7) is 0.282. The number of aryl methyl sites for hydroxylation is 1. The van der Waals surface area contributed by atoms with Crippen LogP contribution < -0.4 is 11.2 Å². The van der Waals surface area contributed by atoms with E-state index >= 15 is 0 Å². The Hall–Kier alpha value is -2.01. The van der Waals surface area contributed by atoms with E-state index < -0.39 is 27.3 Å². The van der Waals surface area contributed by atoms with E-state index in [1.165, 1.54) is 29.7 Å². The molecule has 142 valence electrons. The van der Waals surface area contributed by atoms with Gasteiger partial charge in [-0.3, -0.25) is 9.36 Å². The van der Waals surface area contributed by atoms with Crippen LogP contribution in [0.3, 0.4) is 0 Å². The third-order valence-corrected chi connectivity index (χ3v) is 8.50. The maximum Gasteiger partial charge on any atom is 0.330 e. The predicted molar refractivity (Wildman–Crippen MR) is 105 cm³/mol. The zero-order valence-corrected chi connectivity index (χ0v) is 17.1. The molecule has 0 aliphatic carbocycles. The molecule has 0 amide bonds. The third kappa shape index (κ3) is 2.83. The molecule has 0 spiro atoms. The SMILES string of the molecule is Cn1cc(S(=O)(=O)N2CCc3sccc3C2c2cccs2)c(=O)n(C)c1=O. The minimum Gasteiger partial charge on any atom is -0.302 e. The van der Waals surface area contributed by atoms with Gasteiger partial charge in [-0.25, -0.2) is 13.2 Å². The molecule has 10 heteroatoms. The smallest absolute Gasteiger partial charge is 0.302 e. The molecule has 0 saturated carbocycles. The molecule has 1 unspecified atom stereocenters. The minimum atomic E-state index is -4.10. The Morgan fingerprint density at radius 2 is 1.89 bits per heavy atom. The molecule has 1 atom stereocenters. The molecule has 1 aliphatic rings. The summed E-state index contributed by atoms with van der Waals surface area (Å²) in [6, 6.07) is 5.28. The fourth-order valence-corrected chi connectivity index (χ4v) is 6.94. The van der Waals surface area contributed by atoms with E-state index in [1.54, 1.807) is 11.3 Å². The van der Waals surface area contributed by atoms with Crippen molar-refractivity contribution < 1.29 is 8.42 Å². The summed E-state index contributed by atoms with van der Waals surface area (Å²) in [5.41, 5.74) is -0.411. The van der Waals surface area contributed by atoms with Crippen LogP contribution in [0.2, 0.25) is 0 Å². The summed E-state index contributed by atoms with van der Waals surface area (Å²) in [5.74, 6) is 0. The summed E-state index contributed by atoms with van der Waals surface area (Å²) in [7, 11) is -1.38. The Labute approximate surface area is 163 Å². The minimum absolute atomic E-state index is 0.282. The van der Waals surface area contributed by atoms with Crippen LogP contribution in [0, 0.1) is 0 Å². The lowest BCUT2D eigenvalue weighted by atomic mass is 10.0. The largest absolute Gasteiger partial charge is 0.330 e. The lowest BCUT2D eigenvalue weighted by Crippen LogP contribution is -2.45. The van der Waals surface area contributed by atoms with Gasteiger partial charge in [0.25, 0.3) is 15.6 Å². The lowest BCUT2D eigenvalue weighted by Gasteiger charge is -2.34. The van der Waals surface area contributed by atoms with Gasteiger partial charge in [-0.15, -0.1) is 22.7 Å². The molecule has 3 aromatic heterocycles. The van der Waals surface area contributed by atoms with Gasteiger partial charge in [0, 0.05) is 36.6 Å². The van der Waals surface area contributed by atoms with Gasteiger partial charge in [0.05, 0.1) is 6.04 Å². The van der Waals surface area contributed by atoms with Crippen LogP contribution in [0.15, 0.2) is 49.6 Å². The fourth-order valence-electron chi connectivity index (χ4n) is 3.37. The molecule has 0 N–H and O–H groups in total. The molecule has 0 bridgehead atoms. The summed E-state index contributed by atoms with van der Waals surface area (Å²) in [5, 5.41) is 3.87. The van der Waals surface area contributed by atoms with Crippen LogP contribution in [-0.2, 0) is 30.5 Å². The Morgan fingerprint density at radius 3 is 2.59 bits per heavy atom. The van der Waals surface area contributed by atoms with Crippen LogP contribution in [-0.4, -0.2) is 28.4 Å². The Kier molecular flexibility index (Phi) is 4.46. The molecule has 0 fully saturated rings. The van der Waals surface area contributed by atoms with E-state index in [0.717, 1.165) is 30.6 Å². The molecule has 7 nitrogen and oxygen atoms in total. The third-order valence-electron chi connectivity index (χ3n) is 4.74. The van der Waals surface area contributed by atoms with Crippen LogP contribution in [0.1, 0.15) is 21.4 Å². The lowest BCUT2D eigenvalue weighted by molar-refractivity contribution is 0.349. The van der Waals surface area contributed by atoms with Crippen LogP contribution >= 0.6 is 22.7 Å². The number of sulfonamides is 1. The second-order valence-electron chi connectivity index (χ2n) is 6.33. The van der Waals surface area contributed by atoms with Gasteiger partial charge < -0.3 is 4.57 Å². The number of thiophene rings is 2. The second kappa shape index (κ2) is 6.55. The van der Waals surface area contributed by atoms with Gasteiger partial charge in [-0.05, 0) is 34.9 Å². The molecule has 0 aromatic carbocycles. The highest BCUT2D eigenvalue weighted by atomic mass is 32.2. The normalized spacial score (nSPS) is 17.8. The number of rotatable bonds is 3. The van der Waals surface area contributed by atoms with Crippen LogP contribution in [0.25, 0.3) is 0 Å². The first-order chi connectivity index (χ1) is 12.8. The van der Waals surface area contributed by atoms with E-state index in [0.29, 0.717) is 6.42 Å². The van der Waals surface area contributed by atoms with E-state index in [4.69, 9.17) is 0 Å². The Bertz CT molecular complexity index is 1220. The van der Waals surface area contributed by atoms with E-state index in [9.17, 15) is 18.0 Å². The number of hydrogen-bond donors (Lipinski definition) is 0. The van der Waals surface area contributed by atoms with Crippen molar-refractivity contribution in [3.63, 3.8) is 0 Å². The van der Waals surface area contributed by atoms with Crippen molar-refractivity contribution in [1.29, 1.82) is 0 Å². The molecule has 1 aliphatic heterocycles. The van der Waals surface area contributed by atoms with Gasteiger partial charge >= 0.3 is 5.69 Å². The summed E-state index contributed by atoms with van der Waals surface area (Å²) >= 11 is 3.10. The van der Waals surface area contributed by atoms with E-state index in [-0.39, 0.29) is 11.4 Å².